The molecule has 10 heteroatoms. The van der Waals surface area contributed by atoms with E-state index < -0.39 is 0 Å². The Morgan fingerprint density at radius 1 is 1.27 bits per heavy atom. The monoisotopic (exact) mass is 521 g/mol. The summed E-state index contributed by atoms with van der Waals surface area (Å²) in [6, 6.07) is 11.5. The number of aromatic nitrogens is 3. The third-order valence-electron chi connectivity index (χ3n) is 4.77. The highest BCUT2D eigenvalue weighted by molar-refractivity contribution is 14.0. The van der Waals surface area contributed by atoms with Crippen molar-refractivity contribution < 1.29 is 9.21 Å². The maximum absolute atomic E-state index is 12.0. The summed E-state index contributed by atoms with van der Waals surface area (Å²) in [4.78, 5) is 20.6. The Hall–Kier alpha value is -2.89. The van der Waals surface area contributed by atoms with E-state index in [1.165, 1.54) is 0 Å². The first-order valence-corrected chi connectivity index (χ1v) is 9.51. The van der Waals surface area contributed by atoms with Crippen LogP contribution in [0.25, 0.3) is 11.6 Å². The molecular formula is C20H24IN7O2. The first-order valence-electron chi connectivity index (χ1n) is 9.51. The van der Waals surface area contributed by atoms with E-state index in [1.54, 1.807) is 19.4 Å². The molecular weight excluding hydrogens is 497 g/mol. The molecule has 1 aromatic carbocycles. The number of nitrogens with one attached hydrogen (secondary N) is 4. The number of guanidine groups is 1. The zero-order valence-corrected chi connectivity index (χ0v) is 18.8. The van der Waals surface area contributed by atoms with Gasteiger partial charge in [0.05, 0.1) is 6.26 Å². The molecule has 1 amide bonds. The topological polar surface area (TPSA) is 120 Å². The highest BCUT2D eigenvalue weighted by atomic mass is 127. The number of halogens is 1. The number of aromatic amines is 1. The molecule has 30 heavy (non-hydrogen) atoms. The summed E-state index contributed by atoms with van der Waals surface area (Å²) in [6.45, 7) is 1.25. The molecule has 0 spiro atoms. The van der Waals surface area contributed by atoms with Gasteiger partial charge in [0, 0.05) is 44.6 Å². The van der Waals surface area contributed by atoms with Gasteiger partial charge in [0.2, 0.25) is 11.7 Å². The number of nitrogens with zero attached hydrogens (tertiary/aromatic N) is 3. The minimum Gasteiger partial charge on any atom is -0.461 e. The first kappa shape index (κ1) is 21.8. The van der Waals surface area contributed by atoms with E-state index in [-0.39, 0.29) is 35.8 Å². The van der Waals surface area contributed by atoms with Crippen LogP contribution in [0.2, 0.25) is 0 Å². The summed E-state index contributed by atoms with van der Waals surface area (Å²) in [6.07, 6.45) is 2.70. The fraction of sp³-hybridized carbons (Fsp3) is 0.300. The van der Waals surface area contributed by atoms with Crippen molar-refractivity contribution in [2.24, 2.45) is 4.99 Å². The average molecular weight is 521 g/mol. The third kappa shape index (κ3) is 5.17. The second kappa shape index (κ2) is 10.2. The largest absolute Gasteiger partial charge is 0.461 e. The number of hydrogen-bond donors (Lipinski definition) is 4. The van der Waals surface area contributed by atoms with Crippen LogP contribution in [-0.2, 0) is 11.2 Å². The van der Waals surface area contributed by atoms with Gasteiger partial charge in [-0.05, 0) is 23.8 Å². The Labute approximate surface area is 191 Å². The number of aliphatic imine (C=N–C) groups is 1. The van der Waals surface area contributed by atoms with E-state index in [4.69, 9.17) is 4.42 Å². The van der Waals surface area contributed by atoms with E-state index in [0.717, 1.165) is 17.1 Å². The van der Waals surface area contributed by atoms with Gasteiger partial charge in [-0.1, -0.05) is 18.2 Å². The fourth-order valence-electron chi connectivity index (χ4n) is 3.35. The molecule has 158 valence electrons. The van der Waals surface area contributed by atoms with Crippen molar-refractivity contribution in [1.29, 1.82) is 0 Å². The molecule has 4 N–H and O–H groups in total. The van der Waals surface area contributed by atoms with Gasteiger partial charge in [-0.25, -0.2) is 4.98 Å². The number of rotatable bonds is 6. The number of furan rings is 1. The molecule has 3 aromatic rings. The van der Waals surface area contributed by atoms with Crippen LogP contribution in [0.15, 0.2) is 52.1 Å². The van der Waals surface area contributed by atoms with E-state index >= 15 is 0 Å². The highest BCUT2D eigenvalue weighted by Crippen LogP contribution is 2.31. The summed E-state index contributed by atoms with van der Waals surface area (Å²) < 4.78 is 5.30. The number of benzene rings is 1. The summed E-state index contributed by atoms with van der Waals surface area (Å²) in [5.41, 5.74) is 2.03. The van der Waals surface area contributed by atoms with E-state index in [2.05, 4.69) is 42.2 Å². The molecule has 0 bridgehead atoms. The molecule has 0 fully saturated rings. The highest BCUT2D eigenvalue weighted by Gasteiger charge is 2.24. The van der Waals surface area contributed by atoms with Crippen molar-refractivity contribution in [3.05, 3.63) is 54.0 Å². The van der Waals surface area contributed by atoms with Crippen molar-refractivity contribution in [2.75, 3.05) is 25.5 Å². The van der Waals surface area contributed by atoms with Crippen LogP contribution >= 0.6 is 24.0 Å². The van der Waals surface area contributed by atoms with Crippen LogP contribution in [0, 0.1) is 0 Å². The number of carbonyl (C=O) groups is 1. The van der Waals surface area contributed by atoms with Gasteiger partial charge in [0.25, 0.3) is 0 Å². The van der Waals surface area contributed by atoms with Gasteiger partial charge in [-0.15, -0.1) is 24.0 Å². The SMILES string of the molecule is CN=C(NCCc1nc(-c2ccco2)n[nH]1)NCC1CC(=O)Nc2ccccc21.I. The van der Waals surface area contributed by atoms with Crippen LogP contribution in [0.4, 0.5) is 5.69 Å². The standard InChI is InChI=1S/C20H23N7O2.HI/c1-21-20(22-9-8-17-25-19(27-26-17)16-7-4-10-29-16)23-12-13-11-18(28)24-15-6-3-2-5-14(13)15;/h2-7,10,13H,8-9,11-12H2,1H3,(H,24,28)(H2,21,22,23)(H,25,26,27);1H. The van der Waals surface area contributed by atoms with Crippen molar-refractivity contribution >= 4 is 41.5 Å². The molecule has 0 radical (unpaired) electrons. The summed E-state index contributed by atoms with van der Waals surface area (Å²) in [5, 5.41) is 16.6. The molecule has 0 saturated heterocycles. The lowest BCUT2D eigenvalue weighted by Crippen LogP contribution is -2.41. The van der Waals surface area contributed by atoms with Gasteiger partial charge < -0.3 is 20.4 Å². The van der Waals surface area contributed by atoms with Crippen molar-refractivity contribution in [1.82, 2.24) is 25.8 Å². The molecule has 2 aromatic heterocycles. The maximum atomic E-state index is 12.0. The van der Waals surface area contributed by atoms with Crippen molar-refractivity contribution in [3.8, 4) is 11.6 Å². The van der Waals surface area contributed by atoms with Crippen LogP contribution in [0.3, 0.4) is 0 Å². The molecule has 1 atom stereocenters. The lowest BCUT2D eigenvalue weighted by Gasteiger charge is -2.26. The predicted octanol–water partition coefficient (Wildman–Crippen LogP) is 2.52. The molecule has 1 aliphatic heterocycles. The normalized spacial score (nSPS) is 15.7. The zero-order chi connectivity index (χ0) is 20.1. The maximum Gasteiger partial charge on any atom is 0.225 e. The Kier molecular flexibility index (Phi) is 7.44. The summed E-state index contributed by atoms with van der Waals surface area (Å²) in [7, 11) is 1.72. The fourth-order valence-corrected chi connectivity index (χ4v) is 3.35. The van der Waals surface area contributed by atoms with Gasteiger partial charge in [-0.2, -0.15) is 5.10 Å². The number of carbonyl (C=O) groups excluding carboxylic acids is 1. The average Bonchev–Trinajstić information content (AvgIpc) is 3.42. The second-order valence-electron chi connectivity index (χ2n) is 6.75. The smallest absolute Gasteiger partial charge is 0.225 e. The minimum absolute atomic E-state index is 0. The van der Waals surface area contributed by atoms with Crippen LogP contribution in [0.5, 0.6) is 0 Å². The van der Waals surface area contributed by atoms with Gasteiger partial charge in [0.1, 0.15) is 5.82 Å². The Morgan fingerprint density at radius 2 is 2.13 bits per heavy atom. The van der Waals surface area contributed by atoms with E-state index in [9.17, 15) is 4.79 Å². The quantitative estimate of drug-likeness (QED) is 0.225. The Balaban J connectivity index is 0.00000256. The molecule has 9 nitrogen and oxygen atoms in total. The molecule has 1 unspecified atom stereocenters. The van der Waals surface area contributed by atoms with Gasteiger partial charge in [-0.3, -0.25) is 14.9 Å². The number of para-hydroxylation sites is 1. The van der Waals surface area contributed by atoms with Crippen LogP contribution in [-0.4, -0.2) is 47.2 Å². The van der Waals surface area contributed by atoms with Crippen LogP contribution in [0.1, 0.15) is 23.7 Å². The van der Waals surface area contributed by atoms with E-state index in [0.29, 0.717) is 43.5 Å². The minimum atomic E-state index is 0. The van der Waals surface area contributed by atoms with Crippen LogP contribution < -0.4 is 16.0 Å². The molecule has 0 saturated carbocycles. The molecule has 1 aliphatic rings. The predicted molar refractivity (Wildman–Crippen MR) is 125 cm³/mol. The second-order valence-corrected chi connectivity index (χ2v) is 6.75. The number of hydrogen-bond acceptors (Lipinski definition) is 5. The zero-order valence-electron chi connectivity index (χ0n) is 16.5. The molecule has 0 aliphatic carbocycles. The Morgan fingerprint density at radius 3 is 2.93 bits per heavy atom. The van der Waals surface area contributed by atoms with Gasteiger partial charge >= 0.3 is 0 Å². The number of H-pyrrole nitrogens is 1. The van der Waals surface area contributed by atoms with Crippen molar-refractivity contribution in [3.63, 3.8) is 0 Å². The van der Waals surface area contributed by atoms with E-state index in [1.807, 2.05) is 24.3 Å². The first-order chi connectivity index (χ1) is 14.2. The lowest BCUT2D eigenvalue weighted by atomic mass is 9.90. The summed E-state index contributed by atoms with van der Waals surface area (Å²) >= 11 is 0. The number of fused-ring (bicyclic) bond motifs is 1. The molecule has 4 rings (SSSR count). The van der Waals surface area contributed by atoms with Gasteiger partial charge in [0.15, 0.2) is 11.7 Å². The Bertz CT molecular complexity index is 1000. The summed E-state index contributed by atoms with van der Waals surface area (Å²) in [5.74, 6) is 2.76. The van der Waals surface area contributed by atoms with Crippen molar-refractivity contribution in [2.45, 2.75) is 18.8 Å². The third-order valence-corrected chi connectivity index (χ3v) is 4.77. The lowest BCUT2D eigenvalue weighted by molar-refractivity contribution is -0.116. The molecule has 3 heterocycles. The number of anilines is 1. The number of amides is 1.